The number of fused-ring (bicyclic) bond motifs is 1. The van der Waals surface area contributed by atoms with E-state index in [9.17, 15) is 0 Å². The van der Waals surface area contributed by atoms with Crippen LogP contribution in [-0.4, -0.2) is 24.3 Å². The van der Waals surface area contributed by atoms with E-state index in [0.29, 0.717) is 6.04 Å². The summed E-state index contributed by atoms with van der Waals surface area (Å²) < 4.78 is 7.47. The summed E-state index contributed by atoms with van der Waals surface area (Å²) in [5, 5.41) is 4.85. The summed E-state index contributed by atoms with van der Waals surface area (Å²) >= 11 is 0. The van der Waals surface area contributed by atoms with Gasteiger partial charge in [0.05, 0.1) is 0 Å². The lowest BCUT2D eigenvalue weighted by molar-refractivity contribution is 0.190. The molecule has 0 aliphatic heterocycles. The zero-order chi connectivity index (χ0) is 13.7. The molecular weight excluding hydrogens is 236 g/mol. The van der Waals surface area contributed by atoms with E-state index in [1.165, 1.54) is 16.5 Å². The fourth-order valence-electron chi connectivity index (χ4n) is 2.34. The highest BCUT2D eigenvalue weighted by Gasteiger charge is 2.07. The first-order chi connectivity index (χ1) is 9.22. The first kappa shape index (κ1) is 14.1. The minimum atomic E-state index is 0.510. The summed E-state index contributed by atoms with van der Waals surface area (Å²) in [6, 6.07) is 9.13. The van der Waals surface area contributed by atoms with Crippen LogP contribution in [0.5, 0.6) is 0 Å². The third-order valence-electron chi connectivity index (χ3n) is 3.32. The third kappa shape index (κ3) is 3.58. The van der Waals surface area contributed by atoms with E-state index >= 15 is 0 Å². The molecule has 1 N–H and O–H groups in total. The molecule has 0 fully saturated rings. The van der Waals surface area contributed by atoms with Gasteiger partial charge < -0.3 is 14.6 Å². The molecule has 104 valence electrons. The second-order valence-corrected chi connectivity index (χ2v) is 5.25. The molecule has 2 rings (SSSR count). The standard InChI is InChI=1S/C16H24N2O/c1-13(2)17-11-14-12-18(9-6-10-19-3)16-8-5-4-7-15(14)16/h4-5,7-8,12-13,17H,6,9-11H2,1-3H3. The van der Waals surface area contributed by atoms with Crippen LogP contribution in [0.4, 0.5) is 0 Å². The molecule has 3 nitrogen and oxygen atoms in total. The van der Waals surface area contributed by atoms with Crippen LogP contribution in [0.15, 0.2) is 30.5 Å². The SMILES string of the molecule is COCCCn1cc(CNC(C)C)c2ccccc21. The van der Waals surface area contributed by atoms with Crippen LogP contribution in [0.3, 0.4) is 0 Å². The van der Waals surface area contributed by atoms with E-state index in [1.807, 2.05) is 0 Å². The van der Waals surface area contributed by atoms with Crippen LogP contribution in [0, 0.1) is 0 Å². The van der Waals surface area contributed by atoms with Crippen LogP contribution in [0.25, 0.3) is 10.9 Å². The Morgan fingerprint density at radius 2 is 2.05 bits per heavy atom. The maximum atomic E-state index is 5.14. The lowest BCUT2D eigenvalue weighted by Crippen LogP contribution is -2.21. The molecular formula is C16H24N2O. The monoisotopic (exact) mass is 260 g/mol. The number of para-hydroxylation sites is 1. The average Bonchev–Trinajstić information content (AvgIpc) is 2.76. The van der Waals surface area contributed by atoms with Crippen LogP contribution >= 0.6 is 0 Å². The lowest BCUT2D eigenvalue weighted by Gasteiger charge is -2.06. The highest BCUT2D eigenvalue weighted by molar-refractivity contribution is 5.83. The lowest BCUT2D eigenvalue weighted by atomic mass is 10.2. The summed E-state index contributed by atoms with van der Waals surface area (Å²) in [7, 11) is 1.76. The van der Waals surface area contributed by atoms with Crippen LogP contribution in [-0.2, 0) is 17.8 Å². The van der Waals surface area contributed by atoms with Gasteiger partial charge in [0.15, 0.2) is 0 Å². The van der Waals surface area contributed by atoms with E-state index in [2.05, 4.69) is 54.2 Å². The molecule has 0 amide bonds. The number of methoxy groups -OCH3 is 1. The number of nitrogens with one attached hydrogen (secondary N) is 1. The van der Waals surface area contributed by atoms with Gasteiger partial charge in [0.2, 0.25) is 0 Å². The van der Waals surface area contributed by atoms with E-state index < -0.39 is 0 Å². The molecule has 3 heteroatoms. The van der Waals surface area contributed by atoms with Crippen molar-refractivity contribution in [3.63, 3.8) is 0 Å². The molecule has 19 heavy (non-hydrogen) atoms. The summed E-state index contributed by atoms with van der Waals surface area (Å²) in [5.41, 5.74) is 2.70. The predicted octanol–water partition coefficient (Wildman–Crippen LogP) is 3.18. The molecule has 1 aromatic carbocycles. The molecule has 0 saturated carbocycles. The number of benzene rings is 1. The smallest absolute Gasteiger partial charge is 0.0483 e. The van der Waals surface area contributed by atoms with E-state index in [0.717, 1.165) is 26.1 Å². The van der Waals surface area contributed by atoms with Crippen LogP contribution in [0.1, 0.15) is 25.8 Å². The summed E-state index contributed by atoms with van der Waals surface area (Å²) in [5.74, 6) is 0. The third-order valence-corrected chi connectivity index (χ3v) is 3.32. The normalized spacial score (nSPS) is 11.6. The molecule has 1 heterocycles. The maximum absolute atomic E-state index is 5.14. The zero-order valence-electron chi connectivity index (χ0n) is 12.1. The molecule has 0 saturated heterocycles. The van der Waals surface area contributed by atoms with Crippen LogP contribution < -0.4 is 5.32 Å². The van der Waals surface area contributed by atoms with E-state index in [1.54, 1.807) is 7.11 Å². The van der Waals surface area contributed by atoms with Crippen molar-refractivity contribution < 1.29 is 4.74 Å². The summed E-state index contributed by atoms with van der Waals surface area (Å²) in [6.07, 6.45) is 3.32. The minimum Gasteiger partial charge on any atom is -0.385 e. The number of nitrogens with zero attached hydrogens (tertiary/aromatic N) is 1. The Kier molecular flexibility index (Phi) is 5.00. The highest BCUT2D eigenvalue weighted by atomic mass is 16.5. The number of rotatable bonds is 7. The van der Waals surface area contributed by atoms with Crippen molar-refractivity contribution in [2.75, 3.05) is 13.7 Å². The number of aromatic nitrogens is 1. The van der Waals surface area contributed by atoms with Crippen molar-refractivity contribution in [3.8, 4) is 0 Å². The van der Waals surface area contributed by atoms with Crippen molar-refractivity contribution in [3.05, 3.63) is 36.0 Å². The largest absolute Gasteiger partial charge is 0.385 e. The van der Waals surface area contributed by atoms with Gasteiger partial charge in [-0.25, -0.2) is 0 Å². The summed E-state index contributed by atoms with van der Waals surface area (Å²) in [6.45, 7) is 7.10. The average molecular weight is 260 g/mol. The Hall–Kier alpha value is -1.32. The molecule has 1 aromatic heterocycles. The molecule has 0 unspecified atom stereocenters. The Bertz CT molecular complexity index is 516. The molecule has 0 bridgehead atoms. The van der Waals surface area contributed by atoms with Gasteiger partial charge >= 0.3 is 0 Å². The summed E-state index contributed by atoms with van der Waals surface area (Å²) in [4.78, 5) is 0. The first-order valence-electron chi connectivity index (χ1n) is 7.01. The molecule has 0 aliphatic carbocycles. The Balaban J connectivity index is 2.21. The van der Waals surface area contributed by atoms with Gasteiger partial charge in [-0.1, -0.05) is 32.0 Å². The first-order valence-corrected chi connectivity index (χ1v) is 7.01. The number of hydrogen-bond donors (Lipinski definition) is 1. The quantitative estimate of drug-likeness (QED) is 0.774. The minimum absolute atomic E-state index is 0.510. The van der Waals surface area contributed by atoms with E-state index in [4.69, 9.17) is 4.74 Å². The van der Waals surface area contributed by atoms with Gasteiger partial charge in [-0.3, -0.25) is 0 Å². The topological polar surface area (TPSA) is 26.2 Å². The Morgan fingerprint density at radius 1 is 1.26 bits per heavy atom. The highest BCUT2D eigenvalue weighted by Crippen LogP contribution is 2.21. The van der Waals surface area contributed by atoms with Crippen molar-refractivity contribution >= 4 is 10.9 Å². The Labute approximate surface area is 115 Å². The maximum Gasteiger partial charge on any atom is 0.0483 e. The van der Waals surface area contributed by atoms with Crippen LogP contribution in [0.2, 0.25) is 0 Å². The fourth-order valence-corrected chi connectivity index (χ4v) is 2.34. The van der Waals surface area contributed by atoms with Gasteiger partial charge in [0, 0.05) is 49.9 Å². The number of hydrogen-bond acceptors (Lipinski definition) is 2. The molecule has 2 aromatic rings. The van der Waals surface area contributed by atoms with Gasteiger partial charge in [-0.15, -0.1) is 0 Å². The van der Waals surface area contributed by atoms with Crippen molar-refractivity contribution in [1.29, 1.82) is 0 Å². The zero-order valence-corrected chi connectivity index (χ0v) is 12.1. The van der Waals surface area contributed by atoms with Crippen molar-refractivity contribution in [2.45, 2.75) is 39.4 Å². The second-order valence-electron chi connectivity index (χ2n) is 5.25. The van der Waals surface area contributed by atoms with Gasteiger partial charge in [0.1, 0.15) is 0 Å². The molecule has 0 aliphatic rings. The van der Waals surface area contributed by atoms with Gasteiger partial charge in [-0.2, -0.15) is 0 Å². The Morgan fingerprint density at radius 3 is 2.79 bits per heavy atom. The second kappa shape index (κ2) is 6.73. The van der Waals surface area contributed by atoms with Gasteiger partial charge in [0.25, 0.3) is 0 Å². The molecule has 0 atom stereocenters. The number of aryl methyl sites for hydroxylation is 1. The van der Waals surface area contributed by atoms with Crippen molar-refractivity contribution in [1.82, 2.24) is 9.88 Å². The fraction of sp³-hybridized carbons (Fsp3) is 0.500. The van der Waals surface area contributed by atoms with Crippen molar-refractivity contribution in [2.24, 2.45) is 0 Å². The number of ether oxygens (including phenoxy) is 1. The molecule has 0 radical (unpaired) electrons. The molecule has 0 spiro atoms. The van der Waals surface area contributed by atoms with Gasteiger partial charge in [-0.05, 0) is 18.1 Å². The van der Waals surface area contributed by atoms with E-state index in [-0.39, 0.29) is 0 Å². The predicted molar refractivity (Wildman–Crippen MR) is 80.4 cm³/mol.